The van der Waals surface area contributed by atoms with Crippen molar-refractivity contribution in [3.05, 3.63) is 47.8 Å². The number of rotatable bonds is 10. The van der Waals surface area contributed by atoms with Gasteiger partial charge in [-0.2, -0.15) is 13.9 Å². The van der Waals surface area contributed by atoms with Crippen molar-refractivity contribution in [2.24, 2.45) is 0 Å². The number of carbonyl (C=O) groups excluding carboxylic acids is 1. The van der Waals surface area contributed by atoms with Gasteiger partial charge in [0.05, 0.1) is 25.4 Å². The van der Waals surface area contributed by atoms with E-state index in [0.29, 0.717) is 17.7 Å². The zero-order valence-electron chi connectivity index (χ0n) is 21.4. The fourth-order valence-corrected chi connectivity index (χ4v) is 4.11. The molecule has 3 aromatic rings. The largest absolute Gasteiger partial charge is 0.496 e. The van der Waals surface area contributed by atoms with E-state index in [1.807, 2.05) is 38.4 Å². The number of carbonyl (C=O) groups is 1. The topological polar surface area (TPSA) is 74.1 Å². The van der Waals surface area contributed by atoms with E-state index in [1.54, 1.807) is 16.8 Å². The second-order valence-corrected chi connectivity index (χ2v) is 9.37. The van der Waals surface area contributed by atoms with E-state index in [4.69, 9.17) is 13.7 Å². The standard InChI is InChI=1S/C24H27F2N3O4S.C2H6/c1-24(2,13-32-34-4)15-5-8-18-17(11-27-29(18)12-15)14-9-19(31-3)21(20(10-14)33-23(25)26)22(30)28-16-6-7-16;1-2/h5,8-12,16,23H,6-7,13H2,1-4H3,(H,28,30);1-2H3. The molecule has 0 bridgehead atoms. The fraction of sp³-hybridized carbons (Fsp3) is 0.462. The van der Waals surface area contributed by atoms with Crippen molar-refractivity contribution < 1.29 is 27.2 Å². The molecule has 2 aromatic heterocycles. The van der Waals surface area contributed by atoms with Crippen LogP contribution in [-0.2, 0) is 9.60 Å². The molecule has 1 amide bonds. The lowest BCUT2D eigenvalue weighted by atomic mass is 9.87. The highest BCUT2D eigenvalue weighted by molar-refractivity contribution is 7.93. The normalized spacial score (nSPS) is 13.4. The van der Waals surface area contributed by atoms with Crippen molar-refractivity contribution >= 4 is 23.5 Å². The first-order valence-electron chi connectivity index (χ1n) is 11.8. The average molecular weight is 522 g/mol. The molecule has 1 N–H and O–H groups in total. The second kappa shape index (κ2) is 11.9. The molecule has 10 heteroatoms. The zero-order valence-corrected chi connectivity index (χ0v) is 22.2. The van der Waals surface area contributed by atoms with Crippen molar-refractivity contribution in [2.45, 2.75) is 58.6 Å². The first kappa shape index (κ1) is 27.7. The SMILES string of the molecule is CC.COc1cc(-c2cnn3cc(C(C)(C)COSC)ccc23)cc(OC(F)F)c1C(=O)NC1CC1. The molecule has 2 heterocycles. The van der Waals surface area contributed by atoms with Crippen molar-refractivity contribution in [1.82, 2.24) is 14.9 Å². The Hall–Kier alpha value is -2.85. The quantitative estimate of drug-likeness (QED) is 0.325. The lowest BCUT2D eigenvalue weighted by molar-refractivity contribution is -0.0502. The molecule has 36 heavy (non-hydrogen) atoms. The van der Waals surface area contributed by atoms with Gasteiger partial charge in [0, 0.05) is 29.5 Å². The predicted octanol–water partition coefficient (Wildman–Crippen LogP) is 6.10. The number of benzene rings is 1. The van der Waals surface area contributed by atoms with Gasteiger partial charge in [0.2, 0.25) is 0 Å². The van der Waals surface area contributed by atoms with Crippen LogP contribution in [0.1, 0.15) is 56.5 Å². The molecule has 1 aliphatic carbocycles. The van der Waals surface area contributed by atoms with Gasteiger partial charge in [-0.25, -0.2) is 4.52 Å². The summed E-state index contributed by atoms with van der Waals surface area (Å²) in [4.78, 5) is 12.7. The fourth-order valence-electron chi connectivity index (χ4n) is 3.70. The molecule has 0 unspecified atom stereocenters. The number of fused-ring (bicyclic) bond motifs is 1. The third kappa shape index (κ3) is 6.28. The summed E-state index contributed by atoms with van der Waals surface area (Å²) in [5.41, 5.74) is 2.76. The molecular formula is C26H33F2N3O4S. The molecule has 7 nitrogen and oxygen atoms in total. The van der Waals surface area contributed by atoms with E-state index in [0.717, 1.165) is 23.9 Å². The number of ether oxygens (including phenoxy) is 2. The second-order valence-electron chi connectivity index (χ2n) is 8.80. The molecule has 4 rings (SSSR count). The summed E-state index contributed by atoms with van der Waals surface area (Å²) in [5.74, 6) is -0.591. The van der Waals surface area contributed by atoms with Gasteiger partial charge in [-0.05, 0) is 54.2 Å². The predicted molar refractivity (Wildman–Crippen MR) is 138 cm³/mol. The lowest BCUT2D eigenvalue weighted by Crippen LogP contribution is -2.26. The Bertz CT molecular complexity index is 1200. The van der Waals surface area contributed by atoms with Crippen LogP contribution in [0.4, 0.5) is 8.78 Å². The number of alkyl halides is 2. The Morgan fingerprint density at radius 2 is 1.94 bits per heavy atom. The van der Waals surface area contributed by atoms with Crippen molar-refractivity contribution in [1.29, 1.82) is 0 Å². The summed E-state index contributed by atoms with van der Waals surface area (Å²) in [6.45, 7) is 5.60. The zero-order chi connectivity index (χ0) is 26.5. The number of hydrogen-bond acceptors (Lipinski definition) is 6. The van der Waals surface area contributed by atoms with E-state index in [1.165, 1.54) is 25.2 Å². The Morgan fingerprint density at radius 1 is 1.25 bits per heavy atom. The molecule has 0 spiro atoms. The van der Waals surface area contributed by atoms with Crippen molar-refractivity contribution in [2.75, 3.05) is 20.0 Å². The highest BCUT2D eigenvalue weighted by atomic mass is 32.2. The van der Waals surface area contributed by atoms with Crippen LogP contribution >= 0.6 is 12.0 Å². The number of amides is 1. The Kier molecular flexibility index (Phi) is 9.19. The Labute approximate surface area is 214 Å². The summed E-state index contributed by atoms with van der Waals surface area (Å²) in [7, 11) is 1.39. The van der Waals surface area contributed by atoms with E-state index in [2.05, 4.69) is 24.3 Å². The van der Waals surface area contributed by atoms with Crippen LogP contribution in [-0.4, -0.2) is 48.1 Å². The van der Waals surface area contributed by atoms with Gasteiger partial charge < -0.3 is 19.0 Å². The number of nitrogens with zero attached hydrogens (tertiary/aromatic N) is 2. The monoisotopic (exact) mass is 521 g/mol. The van der Waals surface area contributed by atoms with Crippen LogP contribution in [0.15, 0.2) is 36.7 Å². The summed E-state index contributed by atoms with van der Waals surface area (Å²) < 4.78 is 43.9. The van der Waals surface area contributed by atoms with Gasteiger partial charge in [-0.1, -0.05) is 33.8 Å². The first-order valence-corrected chi connectivity index (χ1v) is 13.0. The Morgan fingerprint density at radius 3 is 2.56 bits per heavy atom. The van der Waals surface area contributed by atoms with Gasteiger partial charge >= 0.3 is 6.61 Å². The number of hydrogen-bond donors (Lipinski definition) is 1. The minimum atomic E-state index is -3.09. The third-order valence-electron chi connectivity index (χ3n) is 5.79. The van der Waals surface area contributed by atoms with Gasteiger partial charge in [-0.15, -0.1) is 0 Å². The minimum absolute atomic E-state index is 0.0484. The molecular weight excluding hydrogens is 488 g/mol. The van der Waals surface area contributed by atoms with Gasteiger partial charge in [0.1, 0.15) is 17.1 Å². The molecule has 1 aliphatic rings. The van der Waals surface area contributed by atoms with E-state index >= 15 is 0 Å². The molecule has 196 valence electrons. The average Bonchev–Trinajstić information content (AvgIpc) is 3.57. The summed E-state index contributed by atoms with van der Waals surface area (Å²) in [6.07, 6.45) is 7.17. The van der Waals surface area contributed by atoms with E-state index in [9.17, 15) is 13.6 Å². The molecule has 0 saturated heterocycles. The Balaban J connectivity index is 0.00000176. The summed E-state index contributed by atoms with van der Waals surface area (Å²) in [5, 5.41) is 7.27. The van der Waals surface area contributed by atoms with Crippen LogP contribution in [0, 0.1) is 0 Å². The molecule has 1 aromatic carbocycles. The lowest BCUT2D eigenvalue weighted by Gasteiger charge is -2.24. The van der Waals surface area contributed by atoms with Gasteiger partial charge in [0.15, 0.2) is 0 Å². The van der Waals surface area contributed by atoms with Crippen LogP contribution in [0.25, 0.3) is 16.6 Å². The molecule has 0 aliphatic heterocycles. The van der Waals surface area contributed by atoms with Crippen LogP contribution in [0.5, 0.6) is 11.5 Å². The summed E-state index contributed by atoms with van der Waals surface area (Å²) >= 11 is 1.32. The molecule has 0 atom stereocenters. The van der Waals surface area contributed by atoms with Gasteiger partial charge in [-0.3, -0.25) is 4.79 Å². The van der Waals surface area contributed by atoms with Gasteiger partial charge in [0.25, 0.3) is 5.91 Å². The van der Waals surface area contributed by atoms with Crippen LogP contribution < -0.4 is 14.8 Å². The van der Waals surface area contributed by atoms with Crippen molar-refractivity contribution in [3.8, 4) is 22.6 Å². The highest BCUT2D eigenvalue weighted by Crippen LogP contribution is 2.38. The first-order chi connectivity index (χ1) is 17.2. The van der Waals surface area contributed by atoms with E-state index in [-0.39, 0.29) is 28.5 Å². The summed E-state index contributed by atoms with van der Waals surface area (Å²) in [6, 6.07) is 7.04. The molecule has 1 saturated carbocycles. The smallest absolute Gasteiger partial charge is 0.387 e. The third-order valence-corrected chi connectivity index (χ3v) is 6.14. The number of methoxy groups -OCH3 is 1. The number of nitrogens with one attached hydrogen (secondary N) is 1. The number of aromatic nitrogens is 2. The maximum atomic E-state index is 13.2. The van der Waals surface area contributed by atoms with E-state index < -0.39 is 12.5 Å². The van der Waals surface area contributed by atoms with Crippen LogP contribution in [0.3, 0.4) is 0 Å². The molecule has 0 radical (unpaired) electrons. The minimum Gasteiger partial charge on any atom is -0.496 e. The maximum absolute atomic E-state index is 13.2. The maximum Gasteiger partial charge on any atom is 0.387 e. The molecule has 1 fully saturated rings. The highest BCUT2D eigenvalue weighted by Gasteiger charge is 2.29. The number of halogens is 2. The number of pyridine rings is 1. The van der Waals surface area contributed by atoms with Crippen LogP contribution in [0.2, 0.25) is 0 Å². The van der Waals surface area contributed by atoms with Crippen molar-refractivity contribution in [3.63, 3.8) is 0 Å².